The van der Waals surface area contributed by atoms with Crippen molar-refractivity contribution in [3.63, 3.8) is 0 Å². The van der Waals surface area contributed by atoms with E-state index in [9.17, 15) is 24.0 Å². The quantitative estimate of drug-likeness (QED) is 0.0770. The van der Waals surface area contributed by atoms with Crippen molar-refractivity contribution in [3.05, 3.63) is 101 Å². The summed E-state index contributed by atoms with van der Waals surface area (Å²) in [6.07, 6.45) is 2.40. The molecule has 0 aromatic carbocycles. The van der Waals surface area contributed by atoms with Crippen molar-refractivity contribution in [2.45, 2.75) is 147 Å². The lowest BCUT2D eigenvalue weighted by atomic mass is 10.1. The van der Waals surface area contributed by atoms with Crippen LogP contribution in [0.1, 0.15) is 174 Å². The van der Waals surface area contributed by atoms with Crippen LogP contribution in [0.5, 0.6) is 5.75 Å². The standard InChI is InChI=1S/C8H10O3.C7H11NO.C6H10N2O.C6H9NOS.C5H8N2OS.2C5H11NO.C4H8N4/c1-5(2)6-3-11-4-7(9)8(6)10;1-5(2)7-4-6(3)8-9-7;1-4(2)6-7-5(3)9-8-6;1-4(2)5-3-6(8)7-9-5;1-3(2)4-5(8)7-9-6-4;2*1-4(2)5(7)6-3;1-3(2)4-5-7-8-6-4/h3-5,9H,1-2H3;4-5H,1-3H3;4H,3H2,1-2H3,(H,7,8);3-4H,1-2H3,(H,7,8);3H,1-2H3,(H,7,8);2*4H,1-3H3,(H,6,7);3H,1-2H3,(H,5,6,7,8). The van der Waals surface area contributed by atoms with Crippen LogP contribution in [-0.2, 0) is 14.4 Å². The summed E-state index contributed by atoms with van der Waals surface area (Å²) in [5.41, 5.74) is 4.39. The van der Waals surface area contributed by atoms with Gasteiger partial charge in [-0.1, -0.05) is 133 Å². The Hall–Kier alpha value is -6.23. The number of nitrogens with one attached hydrogen (secondary N) is 6. The van der Waals surface area contributed by atoms with Crippen LogP contribution in [0.25, 0.3) is 0 Å². The van der Waals surface area contributed by atoms with E-state index < -0.39 is 0 Å². The molecule has 0 aliphatic carbocycles. The fourth-order valence-electron chi connectivity index (χ4n) is 4.17. The molecule has 0 spiro atoms. The Kier molecular flexibility index (Phi) is 32.9. The molecular weight excluding hydrogens is 929 g/mol. The monoisotopic (exact) mass is 1010 g/mol. The van der Waals surface area contributed by atoms with Crippen molar-refractivity contribution >= 4 is 40.9 Å². The Morgan fingerprint density at radius 2 is 1.33 bits per heavy atom. The molecule has 6 heterocycles. The molecule has 0 bridgehead atoms. The van der Waals surface area contributed by atoms with Crippen molar-refractivity contribution in [3.8, 4) is 5.75 Å². The molecule has 23 heteroatoms. The van der Waals surface area contributed by atoms with Gasteiger partial charge in [-0.05, 0) is 25.3 Å². The maximum absolute atomic E-state index is 11.1. The van der Waals surface area contributed by atoms with E-state index in [-0.39, 0.29) is 57.8 Å². The van der Waals surface area contributed by atoms with E-state index in [0.29, 0.717) is 40.8 Å². The van der Waals surface area contributed by atoms with Gasteiger partial charge in [0.1, 0.15) is 23.6 Å². The van der Waals surface area contributed by atoms with E-state index >= 15 is 0 Å². The molecule has 0 unspecified atom stereocenters. The van der Waals surface area contributed by atoms with E-state index in [1.54, 1.807) is 20.2 Å². The molecular formula is C46H78N12O9S2. The zero-order valence-electron chi connectivity index (χ0n) is 43.8. The van der Waals surface area contributed by atoms with Gasteiger partial charge >= 0.3 is 0 Å². The zero-order valence-corrected chi connectivity index (χ0v) is 45.5. The second-order valence-corrected chi connectivity index (χ2v) is 18.8. The van der Waals surface area contributed by atoms with E-state index in [1.165, 1.54) is 17.8 Å². The third-order valence-electron chi connectivity index (χ3n) is 8.37. The highest BCUT2D eigenvalue weighted by Gasteiger charge is 2.12. The summed E-state index contributed by atoms with van der Waals surface area (Å²) in [6.45, 7) is 36.9. The van der Waals surface area contributed by atoms with Crippen molar-refractivity contribution in [1.29, 1.82) is 0 Å². The first-order chi connectivity index (χ1) is 32.1. The number of hydrogen-bond donors (Lipinski definition) is 7. The summed E-state index contributed by atoms with van der Waals surface area (Å²) in [4.78, 5) is 63.1. The highest BCUT2D eigenvalue weighted by atomic mass is 32.1. The molecule has 388 valence electrons. The summed E-state index contributed by atoms with van der Waals surface area (Å²) >= 11 is 2.53. The first-order valence-electron chi connectivity index (χ1n) is 22.4. The molecule has 0 saturated carbocycles. The number of amides is 2. The molecule has 2 amide bonds. The van der Waals surface area contributed by atoms with Crippen molar-refractivity contribution < 1.29 is 28.5 Å². The van der Waals surface area contributed by atoms with Crippen LogP contribution in [0.15, 0.2) is 65.4 Å². The van der Waals surface area contributed by atoms with Crippen LogP contribution in [0, 0.1) is 24.7 Å². The summed E-state index contributed by atoms with van der Waals surface area (Å²) in [7, 11) is 3.28. The molecule has 0 fully saturated rings. The number of carbonyl (C=O) groups is 2. The van der Waals surface area contributed by atoms with Gasteiger partial charge < -0.3 is 29.5 Å². The second-order valence-electron chi connectivity index (χ2n) is 17.4. The third kappa shape index (κ3) is 28.6. The van der Waals surface area contributed by atoms with Crippen LogP contribution in [0.2, 0.25) is 0 Å². The number of carbonyl (C=O) groups excluding carboxylic acids is 2. The first kappa shape index (κ1) is 64.9. The summed E-state index contributed by atoms with van der Waals surface area (Å²) in [5.74, 6) is 5.11. The minimum absolute atomic E-state index is 0.0173. The number of rotatable bonds is 8. The summed E-state index contributed by atoms with van der Waals surface area (Å²) in [6, 6.07) is 3.61. The zero-order chi connectivity index (χ0) is 53.6. The maximum atomic E-state index is 11.1. The lowest BCUT2D eigenvalue weighted by molar-refractivity contribution is -0.124. The maximum Gasteiger partial charge on any atom is 0.281 e. The molecule has 0 saturated heterocycles. The second kappa shape index (κ2) is 35.0. The number of aromatic nitrogens is 8. The number of hydrogen-bond acceptors (Lipinski definition) is 18. The first-order valence-corrected chi connectivity index (χ1v) is 24.0. The number of aliphatic imine (C=N–C) groups is 1. The van der Waals surface area contributed by atoms with Gasteiger partial charge in [-0.3, -0.25) is 32.7 Å². The molecule has 0 radical (unpaired) electrons. The fourth-order valence-corrected chi connectivity index (χ4v) is 5.47. The molecule has 1 aliphatic rings. The fraction of sp³-hybridized carbons (Fsp3) is 0.587. The Morgan fingerprint density at radius 1 is 0.754 bits per heavy atom. The summed E-state index contributed by atoms with van der Waals surface area (Å²) in [5, 5.41) is 31.1. The minimum atomic E-state index is -0.341. The molecule has 5 aromatic rings. The van der Waals surface area contributed by atoms with Gasteiger partial charge in [-0.2, -0.15) is 14.6 Å². The molecule has 21 nitrogen and oxygen atoms in total. The Balaban J connectivity index is 0. The molecule has 5 aromatic heterocycles. The molecule has 1 aliphatic heterocycles. The Bertz CT molecular complexity index is 2350. The molecule has 69 heavy (non-hydrogen) atoms. The van der Waals surface area contributed by atoms with Gasteiger partial charge in [0.15, 0.2) is 11.6 Å². The van der Waals surface area contributed by atoms with Gasteiger partial charge in [-0.25, -0.2) is 5.48 Å². The average Bonchev–Trinajstić information content (AvgIpc) is 4.15. The highest BCUT2D eigenvalue weighted by Crippen LogP contribution is 2.15. The van der Waals surface area contributed by atoms with Crippen LogP contribution in [0.4, 0.5) is 0 Å². The van der Waals surface area contributed by atoms with E-state index in [1.807, 2.05) is 96.1 Å². The number of aromatic amines is 3. The largest absolute Gasteiger partial charge is 0.502 e. The Morgan fingerprint density at radius 3 is 1.55 bits per heavy atom. The van der Waals surface area contributed by atoms with Gasteiger partial charge in [0.2, 0.25) is 23.1 Å². The number of tetrazole rings is 1. The van der Waals surface area contributed by atoms with E-state index in [4.69, 9.17) is 18.9 Å². The van der Waals surface area contributed by atoms with E-state index in [2.05, 4.69) is 94.3 Å². The average molecular weight is 1010 g/mol. The minimum Gasteiger partial charge on any atom is -0.502 e. The van der Waals surface area contributed by atoms with Gasteiger partial charge in [0.05, 0.1) is 12.0 Å². The highest BCUT2D eigenvalue weighted by molar-refractivity contribution is 7.05. The van der Waals surface area contributed by atoms with Crippen LogP contribution in [0.3, 0.4) is 0 Å². The van der Waals surface area contributed by atoms with Crippen molar-refractivity contribution in [1.82, 2.24) is 55.0 Å². The van der Waals surface area contributed by atoms with Crippen molar-refractivity contribution in [2.75, 3.05) is 14.1 Å². The van der Waals surface area contributed by atoms with Crippen LogP contribution in [-0.4, -0.2) is 75.8 Å². The number of aryl methyl sites for hydroxylation is 1. The predicted molar refractivity (Wildman–Crippen MR) is 274 cm³/mol. The molecule has 0 atom stereocenters. The van der Waals surface area contributed by atoms with Crippen LogP contribution >= 0.6 is 23.3 Å². The van der Waals surface area contributed by atoms with Crippen LogP contribution < -0.4 is 32.7 Å². The number of H-pyrrole nitrogens is 3. The van der Waals surface area contributed by atoms with Gasteiger partial charge in [-0.15, -0.1) is 10.2 Å². The van der Waals surface area contributed by atoms with E-state index in [0.717, 1.165) is 46.0 Å². The number of hydroxylamine groups is 1. The molecule has 7 N–H and O–H groups in total. The lowest BCUT2D eigenvalue weighted by Gasteiger charge is -2.01. The van der Waals surface area contributed by atoms with Gasteiger partial charge in [0, 0.05) is 83.9 Å². The number of amidine groups is 1. The topological polar surface area (TPSA) is 301 Å². The van der Waals surface area contributed by atoms with Gasteiger partial charge in [0.25, 0.3) is 11.1 Å². The normalized spacial score (nSPS) is 11.1. The van der Waals surface area contributed by atoms with Crippen molar-refractivity contribution in [2.24, 2.45) is 22.7 Å². The smallest absolute Gasteiger partial charge is 0.281 e. The molecule has 6 rings (SSSR count). The summed E-state index contributed by atoms with van der Waals surface area (Å²) < 4.78 is 18.8. The predicted octanol–water partition coefficient (Wildman–Crippen LogP) is 8.24. The Labute approximate surface area is 414 Å². The lowest BCUT2D eigenvalue weighted by Crippen LogP contribution is -2.22. The SMILES string of the molecule is C=C1N=C(C(C)C)NO1.CC(C)c1cc(=O)[nH]s1.CC(C)c1cocc(O)c1=O.CC(C)c1nn[nH]n1.CC(C)c1ns[nH]c1=O.CNC(=O)C(C)C.CNC(=O)C(C)C.Cc1cc(C(C)C)on1. The third-order valence-corrected chi connectivity index (χ3v) is 10.1. The number of aromatic hydroxyl groups is 1. The number of nitrogens with zero attached hydrogens (tertiary/aromatic N) is 6.